The Morgan fingerprint density at radius 3 is 2.84 bits per heavy atom. The molecule has 0 aliphatic carbocycles. The van der Waals surface area contributed by atoms with E-state index < -0.39 is 5.92 Å². The third-order valence-corrected chi connectivity index (χ3v) is 3.24. The lowest BCUT2D eigenvalue weighted by Crippen LogP contribution is -2.01. The van der Waals surface area contributed by atoms with Crippen molar-refractivity contribution in [3.8, 4) is 0 Å². The van der Waals surface area contributed by atoms with Crippen molar-refractivity contribution < 1.29 is 4.79 Å². The fourth-order valence-electron chi connectivity index (χ4n) is 2.37. The molecule has 0 aliphatic heterocycles. The van der Waals surface area contributed by atoms with Crippen LogP contribution in [-0.2, 0) is 4.79 Å². The number of H-pyrrole nitrogens is 1. The molecule has 0 saturated heterocycles. The highest BCUT2D eigenvalue weighted by molar-refractivity contribution is 6.08. The number of aldehydes is 1. The number of aromatic nitrogens is 2. The van der Waals surface area contributed by atoms with Crippen molar-refractivity contribution in [2.75, 3.05) is 0 Å². The maximum Gasteiger partial charge on any atom is 0.132 e. The van der Waals surface area contributed by atoms with Gasteiger partial charge >= 0.3 is 0 Å². The summed E-state index contributed by atoms with van der Waals surface area (Å²) in [5.74, 6) is -0.429. The average molecular weight is 251 g/mol. The number of pyridine rings is 1. The van der Waals surface area contributed by atoms with Crippen molar-refractivity contribution in [3.63, 3.8) is 0 Å². The summed E-state index contributed by atoms with van der Waals surface area (Å²) in [7, 11) is 0. The maximum atomic E-state index is 11.2. The van der Waals surface area contributed by atoms with E-state index in [1.54, 1.807) is 12.3 Å². The van der Waals surface area contributed by atoms with Gasteiger partial charge in [-0.05, 0) is 18.3 Å². The van der Waals surface area contributed by atoms with E-state index in [2.05, 4.69) is 9.97 Å². The summed E-state index contributed by atoms with van der Waals surface area (Å²) in [6.07, 6.45) is 5.58. The fourth-order valence-corrected chi connectivity index (χ4v) is 2.37. The molecule has 0 spiro atoms. The molecule has 94 valence electrons. The SMILES string of the molecule is N/C=C/C(C=O)c1nccc2c1[nH]c1ccccc12. The van der Waals surface area contributed by atoms with E-state index in [9.17, 15) is 4.79 Å². The zero-order valence-electron chi connectivity index (χ0n) is 10.2. The molecule has 0 fully saturated rings. The molecular weight excluding hydrogens is 238 g/mol. The molecule has 19 heavy (non-hydrogen) atoms. The van der Waals surface area contributed by atoms with Gasteiger partial charge in [-0.15, -0.1) is 0 Å². The second-order valence-electron chi connectivity index (χ2n) is 4.34. The highest BCUT2D eigenvalue weighted by atomic mass is 16.1. The number of hydrogen-bond acceptors (Lipinski definition) is 3. The Morgan fingerprint density at radius 1 is 1.21 bits per heavy atom. The lowest BCUT2D eigenvalue weighted by Gasteiger charge is -2.05. The Hall–Kier alpha value is -2.62. The summed E-state index contributed by atoms with van der Waals surface area (Å²) in [4.78, 5) is 18.8. The summed E-state index contributed by atoms with van der Waals surface area (Å²) >= 11 is 0. The van der Waals surface area contributed by atoms with Crippen molar-refractivity contribution in [2.45, 2.75) is 5.92 Å². The van der Waals surface area contributed by atoms with E-state index in [0.29, 0.717) is 5.69 Å². The molecule has 0 aliphatic rings. The number of nitrogens with zero attached hydrogens (tertiary/aromatic N) is 1. The Bertz CT molecular complexity index is 773. The Morgan fingerprint density at radius 2 is 2.05 bits per heavy atom. The Labute approximate surface area is 109 Å². The van der Waals surface area contributed by atoms with Gasteiger partial charge < -0.3 is 15.5 Å². The standard InChI is InChI=1S/C15H13N3O/c16-7-5-10(9-19)14-15-12(6-8-17-14)11-3-1-2-4-13(11)18-15/h1-10,18H,16H2/b7-5+. The first-order valence-electron chi connectivity index (χ1n) is 6.04. The van der Waals surface area contributed by atoms with Crippen molar-refractivity contribution in [1.82, 2.24) is 9.97 Å². The molecule has 0 saturated carbocycles. The number of aromatic amines is 1. The number of fused-ring (bicyclic) bond motifs is 3. The topological polar surface area (TPSA) is 71.8 Å². The van der Waals surface area contributed by atoms with Crippen molar-refractivity contribution in [2.24, 2.45) is 5.73 Å². The van der Waals surface area contributed by atoms with Gasteiger partial charge in [-0.1, -0.05) is 24.3 Å². The van der Waals surface area contributed by atoms with Gasteiger partial charge in [0.05, 0.1) is 17.1 Å². The van der Waals surface area contributed by atoms with Crippen LogP contribution >= 0.6 is 0 Å². The van der Waals surface area contributed by atoms with Crippen LogP contribution in [0.1, 0.15) is 11.6 Å². The van der Waals surface area contributed by atoms with E-state index in [4.69, 9.17) is 5.73 Å². The van der Waals surface area contributed by atoms with Crippen LogP contribution in [0.25, 0.3) is 21.8 Å². The number of nitrogens with one attached hydrogen (secondary N) is 1. The largest absolute Gasteiger partial charge is 0.405 e. The second-order valence-corrected chi connectivity index (χ2v) is 4.34. The normalized spacial score (nSPS) is 13.3. The van der Waals surface area contributed by atoms with Crippen molar-refractivity contribution in [3.05, 3.63) is 54.5 Å². The number of carbonyl (C=O) groups is 1. The van der Waals surface area contributed by atoms with E-state index in [-0.39, 0.29) is 0 Å². The number of rotatable bonds is 3. The van der Waals surface area contributed by atoms with Crippen LogP contribution in [0.3, 0.4) is 0 Å². The van der Waals surface area contributed by atoms with Crippen LogP contribution in [0, 0.1) is 0 Å². The van der Waals surface area contributed by atoms with Gasteiger partial charge in [-0.25, -0.2) is 0 Å². The molecule has 2 aromatic heterocycles. The first kappa shape index (κ1) is 11.5. The van der Waals surface area contributed by atoms with E-state index in [1.165, 1.54) is 6.20 Å². The van der Waals surface area contributed by atoms with E-state index >= 15 is 0 Å². The minimum Gasteiger partial charge on any atom is -0.405 e. The molecule has 4 nitrogen and oxygen atoms in total. The minimum atomic E-state index is -0.429. The fraction of sp³-hybridized carbons (Fsp3) is 0.0667. The number of para-hydroxylation sites is 1. The summed E-state index contributed by atoms with van der Waals surface area (Å²) in [5, 5.41) is 2.19. The number of nitrogens with two attached hydrogens (primary N) is 1. The molecule has 4 heteroatoms. The molecule has 3 rings (SSSR count). The average Bonchev–Trinajstić information content (AvgIpc) is 2.83. The van der Waals surface area contributed by atoms with Gasteiger partial charge in [0.1, 0.15) is 6.29 Å². The second kappa shape index (κ2) is 4.57. The zero-order valence-corrected chi connectivity index (χ0v) is 10.2. The molecule has 3 aromatic rings. The highest BCUT2D eigenvalue weighted by Crippen LogP contribution is 2.29. The lowest BCUT2D eigenvalue weighted by molar-refractivity contribution is -0.108. The highest BCUT2D eigenvalue weighted by Gasteiger charge is 2.15. The van der Waals surface area contributed by atoms with Gasteiger partial charge in [0.15, 0.2) is 0 Å². The molecule has 0 bridgehead atoms. The van der Waals surface area contributed by atoms with Crippen LogP contribution in [-0.4, -0.2) is 16.3 Å². The molecule has 2 heterocycles. The predicted molar refractivity (Wildman–Crippen MR) is 75.7 cm³/mol. The summed E-state index contributed by atoms with van der Waals surface area (Å²) in [5.41, 5.74) is 8.01. The first-order valence-corrected chi connectivity index (χ1v) is 6.04. The number of carbonyl (C=O) groups excluding carboxylic acids is 1. The number of benzene rings is 1. The van der Waals surface area contributed by atoms with Crippen LogP contribution in [0.2, 0.25) is 0 Å². The van der Waals surface area contributed by atoms with Crippen molar-refractivity contribution in [1.29, 1.82) is 0 Å². The van der Waals surface area contributed by atoms with E-state index in [0.717, 1.165) is 28.1 Å². The van der Waals surface area contributed by atoms with E-state index in [1.807, 2.05) is 30.3 Å². The van der Waals surface area contributed by atoms with Gasteiger partial charge in [0.2, 0.25) is 0 Å². The molecule has 1 unspecified atom stereocenters. The maximum absolute atomic E-state index is 11.2. The van der Waals surface area contributed by atoms with Gasteiger partial charge in [0, 0.05) is 22.5 Å². The molecule has 0 radical (unpaired) electrons. The third-order valence-electron chi connectivity index (χ3n) is 3.24. The van der Waals surface area contributed by atoms with Gasteiger partial charge in [-0.3, -0.25) is 4.98 Å². The molecule has 1 aromatic carbocycles. The molecule has 1 atom stereocenters. The smallest absolute Gasteiger partial charge is 0.132 e. The Balaban J connectivity index is 2.34. The summed E-state index contributed by atoms with van der Waals surface area (Å²) in [6, 6.07) is 9.97. The monoisotopic (exact) mass is 251 g/mol. The van der Waals surface area contributed by atoms with Crippen LogP contribution in [0.5, 0.6) is 0 Å². The van der Waals surface area contributed by atoms with Crippen LogP contribution < -0.4 is 5.73 Å². The van der Waals surface area contributed by atoms with Crippen LogP contribution in [0.4, 0.5) is 0 Å². The zero-order chi connectivity index (χ0) is 13.2. The first-order chi connectivity index (χ1) is 9.35. The summed E-state index contributed by atoms with van der Waals surface area (Å²) in [6.45, 7) is 0. The van der Waals surface area contributed by atoms with Crippen LogP contribution in [0.15, 0.2) is 48.8 Å². The third kappa shape index (κ3) is 1.78. The Kier molecular flexibility index (Phi) is 2.76. The molecular formula is C15H13N3O. The van der Waals surface area contributed by atoms with Gasteiger partial charge in [-0.2, -0.15) is 0 Å². The summed E-state index contributed by atoms with van der Waals surface area (Å²) < 4.78 is 0. The van der Waals surface area contributed by atoms with Crippen molar-refractivity contribution >= 4 is 28.1 Å². The number of allylic oxidation sites excluding steroid dienone is 1. The van der Waals surface area contributed by atoms with Gasteiger partial charge in [0.25, 0.3) is 0 Å². The lowest BCUT2D eigenvalue weighted by atomic mass is 10.0. The molecule has 0 amide bonds. The number of hydrogen-bond donors (Lipinski definition) is 2. The quantitative estimate of drug-likeness (QED) is 0.702. The predicted octanol–water partition coefficient (Wildman–Crippen LogP) is 2.47. The minimum absolute atomic E-state index is 0.429. The molecule has 3 N–H and O–H groups in total.